The smallest absolute Gasteiger partial charge is 0.160 e. The zero-order valence-corrected chi connectivity index (χ0v) is 18.0. The van der Waals surface area contributed by atoms with E-state index in [1.54, 1.807) is 6.07 Å². The first-order chi connectivity index (χ1) is 13.5. The molecular weight excluding hydrogens is 372 g/mol. The van der Waals surface area contributed by atoms with E-state index in [-0.39, 0.29) is 0 Å². The molecule has 0 amide bonds. The Bertz CT molecular complexity index is 810. The van der Waals surface area contributed by atoms with E-state index in [1.165, 1.54) is 56.2 Å². The molecule has 1 saturated carbocycles. The van der Waals surface area contributed by atoms with Gasteiger partial charge in [-0.25, -0.2) is 4.98 Å². The number of carbonyl (C=O) groups excluding carboxylic acids is 2. The van der Waals surface area contributed by atoms with Crippen molar-refractivity contribution in [1.29, 1.82) is 0 Å². The summed E-state index contributed by atoms with van der Waals surface area (Å²) < 4.78 is 0. The Morgan fingerprint density at radius 3 is 2.46 bits per heavy atom. The third-order valence-corrected chi connectivity index (χ3v) is 5.82. The van der Waals surface area contributed by atoms with Crippen molar-refractivity contribution < 1.29 is 9.59 Å². The standard InChI is InChI=1S/C11H10N2O2S.C10H20N2/c1-13(2)10-7(5-14)4-12-11-9(10)3-8(6-15)16-11;1-11-9-12(2)8-10-6-4-3-5-7-10/h3-6H,1-2H3;9-10H,3-8H2,1-2H3. The first kappa shape index (κ1) is 22.0. The second kappa shape index (κ2) is 10.9. The van der Waals surface area contributed by atoms with Crippen LogP contribution < -0.4 is 4.90 Å². The molecule has 2 heterocycles. The number of carbonyl (C=O) groups is 2. The summed E-state index contributed by atoms with van der Waals surface area (Å²) >= 11 is 1.33. The number of rotatable bonds is 6. The first-order valence-corrected chi connectivity index (χ1v) is 10.4. The van der Waals surface area contributed by atoms with Crippen molar-refractivity contribution in [3.05, 3.63) is 22.7 Å². The molecule has 3 rings (SSSR count). The normalized spacial score (nSPS) is 14.6. The highest BCUT2D eigenvalue weighted by Gasteiger charge is 2.14. The van der Waals surface area contributed by atoms with Gasteiger partial charge >= 0.3 is 0 Å². The average Bonchev–Trinajstić information content (AvgIpc) is 3.11. The Kier molecular flexibility index (Phi) is 8.57. The van der Waals surface area contributed by atoms with Crippen LogP contribution in [-0.4, -0.2) is 63.5 Å². The van der Waals surface area contributed by atoms with Crippen LogP contribution in [-0.2, 0) is 0 Å². The fourth-order valence-electron chi connectivity index (χ4n) is 3.68. The van der Waals surface area contributed by atoms with Crippen LogP contribution in [0.15, 0.2) is 17.3 Å². The number of anilines is 1. The fourth-order valence-corrected chi connectivity index (χ4v) is 4.49. The van der Waals surface area contributed by atoms with Crippen molar-refractivity contribution in [2.45, 2.75) is 32.1 Å². The number of hydrogen-bond acceptors (Lipinski definition) is 6. The van der Waals surface area contributed by atoms with Gasteiger partial charge in [-0.05, 0) is 24.8 Å². The molecule has 2 aromatic heterocycles. The molecule has 0 saturated heterocycles. The maximum atomic E-state index is 10.9. The van der Waals surface area contributed by atoms with Crippen LogP contribution in [0.2, 0.25) is 0 Å². The van der Waals surface area contributed by atoms with Gasteiger partial charge in [0, 0.05) is 46.3 Å². The van der Waals surface area contributed by atoms with Crippen LogP contribution in [0.4, 0.5) is 5.69 Å². The molecule has 1 aliphatic carbocycles. The third kappa shape index (κ3) is 5.86. The van der Waals surface area contributed by atoms with Gasteiger partial charge in [0.05, 0.1) is 22.5 Å². The Morgan fingerprint density at radius 1 is 1.18 bits per heavy atom. The predicted octanol–water partition coefficient (Wildman–Crippen LogP) is 4.14. The highest BCUT2D eigenvalue weighted by Crippen LogP contribution is 2.32. The maximum absolute atomic E-state index is 10.9. The Morgan fingerprint density at radius 2 is 1.89 bits per heavy atom. The van der Waals surface area contributed by atoms with Gasteiger partial charge in [0.1, 0.15) is 4.83 Å². The molecule has 0 atom stereocenters. The van der Waals surface area contributed by atoms with E-state index in [9.17, 15) is 9.59 Å². The maximum Gasteiger partial charge on any atom is 0.160 e. The Labute approximate surface area is 171 Å². The summed E-state index contributed by atoms with van der Waals surface area (Å²) in [5.41, 5.74) is 1.34. The van der Waals surface area contributed by atoms with Crippen molar-refractivity contribution in [2.24, 2.45) is 10.9 Å². The molecule has 2 aromatic rings. The summed E-state index contributed by atoms with van der Waals surface area (Å²) in [6, 6.07) is 1.77. The van der Waals surface area contributed by atoms with Gasteiger partial charge in [-0.1, -0.05) is 19.3 Å². The van der Waals surface area contributed by atoms with Gasteiger partial charge in [-0.15, -0.1) is 11.3 Å². The zero-order chi connectivity index (χ0) is 20.5. The lowest BCUT2D eigenvalue weighted by atomic mass is 9.89. The van der Waals surface area contributed by atoms with Crippen LogP contribution in [0.3, 0.4) is 0 Å². The molecule has 7 heteroatoms. The molecule has 0 radical (unpaired) electrons. The molecule has 152 valence electrons. The van der Waals surface area contributed by atoms with Crippen molar-refractivity contribution in [1.82, 2.24) is 9.88 Å². The summed E-state index contributed by atoms with van der Waals surface area (Å²) in [4.78, 5) is 35.3. The van der Waals surface area contributed by atoms with Crippen LogP contribution in [0.1, 0.15) is 52.1 Å². The largest absolute Gasteiger partial charge is 0.376 e. The summed E-state index contributed by atoms with van der Waals surface area (Å²) in [5, 5.41) is 0.849. The topological polar surface area (TPSA) is 65.9 Å². The number of aliphatic imine (C=N–C) groups is 1. The highest BCUT2D eigenvalue weighted by molar-refractivity contribution is 7.20. The first-order valence-electron chi connectivity index (χ1n) is 9.62. The van der Waals surface area contributed by atoms with Crippen LogP contribution in [0.5, 0.6) is 0 Å². The van der Waals surface area contributed by atoms with E-state index in [0.717, 1.165) is 34.4 Å². The number of pyridine rings is 1. The molecule has 28 heavy (non-hydrogen) atoms. The Hall–Kier alpha value is -2.28. The summed E-state index contributed by atoms with van der Waals surface area (Å²) in [7, 11) is 7.67. The van der Waals surface area contributed by atoms with Gasteiger partial charge in [0.2, 0.25) is 0 Å². The summed E-state index contributed by atoms with van der Waals surface area (Å²) in [5.74, 6) is 0.918. The van der Waals surface area contributed by atoms with Crippen molar-refractivity contribution in [3.63, 3.8) is 0 Å². The summed E-state index contributed by atoms with van der Waals surface area (Å²) in [6.45, 7) is 1.19. The van der Waals surface area contributed by atoms with Crippen molar-refractivity contribution in [3.8, 4) is 0 Å². The zero-order valence-electron chi connectivity index (χ0n) is 17.2. The lowest BCUT2D eigenvalue weighted by Crippen LogP contribution is -2.25. The van der Waals surface area contributed by atoms with Gasteiger partial charge in [-0.2, -0.15) is 0 Å². The number of thiophene rings is 1. The van der Waals surface area contributed by atoms with Gasteiger partial charge in [-0.3, -0.25) is 14.6 Å². The Balaban J connectivity index is 0.000000209. The molecule has 1 aliphatic rings. The second-order valence-electron chi connectivity index (χ2n) is 7.38. The second-order valence-corrected chi connectivity index (χ2v) is 8.44. The number of hydrogen-bond donors (Lipinski definition) is 0. The number of aldehydes is 2. The fraction of sp³-hybridized carbons (Fsp3) is 0.524. The highest BCUT2D eigenvalue weighted by atomic mass is 32.1. The average molecular weight is 403 g/mol. The lowest BCUT2D eigenvalue weighted by Gasteiger charge is -2.25. The van der Waals surface area contributed by atoms with Gasteiger partial charge < -0.3 is 9.80 Å². The minimum absolute atomic E-state index is 0.535. The van der Waals surface area contributed by atoms with Crippen molar-refractivity contribution in [2.75, 3.05) is 39.6 Å². The number of fused-ring (bicyclic) bond motifs is 1. The lowest BCUT2D eigenvalue weighted by molar-refractivity contribution is 0.111. The SMILES string of the molecule is CN(C)c1c(C=O)cnc2sc(C=O)cc12.CN=CN(C)CC1CCCCC1. The van der Waals surface area contributed by atoms with Crippen LogP contribution in [0.25, 0.3) is 10.2 Å². The van der Waals surface area contributed by atoms with E-state index in [4.69, 9.17) is 0 Å². The minimum atomic E-state index is 0.535. The molecule has 0 aromatic carbocycles. The van der Waals surface area contributed by atoms with E-state index < -0.39 is 0 Å². The molecule has 0 unspecified atom stereocenters. The van der Waals surface area contributed by atoms with Gasteiger partial charge in [0.15, 0.2) is 12.6 Å². The molecular formula is C21H30N4O2S. The van der Waals surface area contributed by atoms with E-state index in [2.05, 4.69) is 21.9 Å². The van der Waals surface area contributed by atoms with Crippen molar-refractivity contribution >= 4 is 46.2 Å². The quantitative estimate of drug-likeness (QED) is 0.413. The van der Waals surface area contributed by atoms with E-state index >= 15 is 0 Å². The monoisotopic (exact) mass is 402 g/mol. The van der Waals surface area contributed by atoms with Gasteiger partial charge in [0.25, 0.3) is 0 Å². The molecule has 0 N–H and O–H groups in total. The molecule has 0 aliphatic heterocycles. The van der Waals surface area contributed by atoms with E-state index in [0.29, 0.717) is 10.4 Å². The number of aromatic nitrogens is 1. The summed E-state index contributed by atoms with van der Waals surface area (Å²) in [6.07, 6.45) is 12.2. The van der Waals surface area contributed by atoms with E-state index in [1.807, 2.05) is 32.4 Å². The van der Waals surface area contributed by atoms with Crippen LogP contribution >= 0.6 is 11.3 Å². The molecule has 6 nitrogen and oxygen atoms in total. The third-order valence-electron chi connectivity index (χ3n) is 4.85. The van der Waals surface area contributed by atoms with Crippen LogP contribution in [0, 0.1) is 5.92 Å². The number of nitrogens with zero attached hydrogens (tertiary/aromatic N) is 4. The minimum Gasteiger partial charge on any atom is -0.376 e. The predicted molar refractivity (Wildman–Crippen MR) is 118 cm³/mol. The molecule has 0 spiro atoms. The molecule has 0 bridgehead atoms. The molecule has 1 fully saturated rings.